The highest BCUT2D eigenvalue weighted by molar-refractivity contribution is 5.74. The Labute approximate surface area is 504 Å². The Morgan fingerprint density at radius 2 is 0.759 bits per heavy atom. The fourth-order valence-electron chi connectivity index (χ4n) is 9.54. The molecule has 1 aliphatic heterocycles. The number of esters is 3. The second kappa shape index (κ2) is 58.0. The Morgan fingerprint density at radius 3 is 1.19 bits per heavy atom. The third kappa shape index (κ3) is 47.6. The van der Waals surface area contributed by atoms with Crippen LogP contribution < -0.4 is 0 Å². The Balaban J connectivity index is 2.69. The summed E-state index contributed by atoms with van der Waals surface area (Å²) in [6.45, 7) is 5.84. The minimum Gasteiger partial charge on any atom is -0.479 e. The lowest BCUT2D eigenvalue weighted by molar-refractivity contribution is -0.301. The molecule has 1 rings (SSSR count). The van der Waals surface area contributed by atoms with Crippen molar-refractivity contribution in [3.63, 3.8) is 0 Å². The molecule has 12 heteroatoms. The summed E-state index contributed by atoms with van der Waals surface area (Å²) in [6, 6.07) is 0. The van der Waals surface area contributed by atoms with Gasteiger partial charge in [-0.2, -0.15) is 0 Å². The first kappa shape index (κ1) is 76.7. The van der Waals surface area contributed by atoms with Crippen molar-refractivity contribution < 1.29 is 58.2 Å². The monoisotopic (exact) mass is 1160 g/mol. The molecule has 0 spiro atoms. The second-order valence-corrected chi connectivity index (χ2v) is 22.4. The molecule has 1 fully saturated rings. The summed E-state index contributed by atoms with van der Waals surface area (Å²) >= 11 is 0. The van der Waals surface area contributed by atoms with E-state index < -0.39 is 67.3 Å². The van der Waals surface area contributed by atoms with Gasteiger partial charge >= 0.3 is 23.9 Å². The van der Waals surface area contributed by atoms with Gasteiger partial charge < -0.3 is 39.0 Å². The first-order valence-corrected chi connectivity index (χ1v) is 33.2. The molecular weight excluding hydrogens is 1040 g/mol. The molecule has 0 aromatic rings. The number of carbonyl (C=O) groups is 4. The van der Waals surface area contributed by atoms with Gasteiger partial charge in [-0.3, -0.25) is 14.4 Å². The number of hydrogen-bond donors (Lipinski definition) is 3. The minimum atomic E-state index is -1.91. The summed E-state index contributed by atoms with van der Waals surface area (Å²) in [6.07, 6.45) is 65.0. The zero-order chi connectivity index (χ0) is 60.3. The first-order valence-electron chi connectivity index (χ1n) is 33.2. The molecule has 1 saturated heterocycles. The molecule has 0 saturated carbocycles. The summed E-state index contributed by atoms with van der Waals surface area (Å²) in [5.41, 5.74) is 0. The molecule has 0 aromatic heterocycles. The van der Waals surface area contributed by atoms with Crippen LogP contribution in [0.15, 0.2) is 97.2 Å². The maximum atomic E-state index is 13.2. The number of ether oxygens (including phenoxy) is 5. The molecule has 1 aliphatic rings. The maximum absolute atomic E-state index is 13.2. The van der Waals surface area contributed by atoms with Crippen LogP contribution in [-0.2, 0) is 42.9 Å². The fraction of sp³-hybridized carbons (Fsp3) is 0.718. The first-order chi connectivity index (χ1) is 40.6. The van der Waals surface area contributed by atoms with Crippen molar-refractivity contribution in [2.24, 2.45) is 0 Å². The minimum absolute atomic E-state index is 0.0479. The lowest BCUT2D eigenvalue weighted by Crippen LogP contribution is -2.61. The lowest BCUT2D eigenvalue weighted by atomic mass is 9.98. The highest BCUT2D eigenvalue weighted by Crippen LogP contribution is 2.27. The number of aliphatic carboxylic acids is 1. The zero-order valence-electron chi connectivity index (χ0n) is 52.4. The highest BCUT2D eigenvalue weighted by atomic mass is 16.7. The van der Waals surface area contributed by atoms with Crippen LogP contribution in [0.25, 0.3) is 0 Å². The van der Waals surface area contributed by atoms with Gasteiger partial charge in [-0.1, -0.05) is 234 Å². The Morgan fingerprint density at radius 1 is 0.410 bits per heavy atom. The van der Waals surface area contributed by atoms with Crippen molar-refractivity contribution in [2.45, 2.75) is 314 Å². The Kier molecular flexibility index (Phi) is 53.6. The van der Waals surface area contributed by atoms with Crippen LogP contribution in [-0.4, -0.2) is 89.2 Å². The molecule has 6 unspecified atom stereocenters. The topological polar surface area (TPSA) is 175 Å². The molecule has 3 N–H and O–H groups in total. The van der Waals surface area contributed by atoms with Crippen LogP contribution in [0.5, 0.6) is 0 Å². The maximum Gasteiger partial charge on any atom is 0.335 e. The number of carbonyl (C=O) groups excluding carboxylic acids is 3. The Bertz CT molecular complexity index is 1810. The van der Waals surface area contributed by atoms with Crippen LogP contribution in [0.3, 0.4) is 0 Å². The van der Waals surface area contributed by atoms with Crippen LogP contribution in [0, 0.1) is 0 Å². The fourth-order valence-corrected chi connectivity index (χ4v) is 9.54. The third-order valence-electron chi connectivity index (χ3n) is 14.6. The van der Waals surface area contributed by atoms with Crippen molar-refractivity contribution in [3.05, 3.63) is 97.2 Å². The summed E-state index contributed by atoms with van der Waals surface area (Å²) in [5.74, 6) is -3.17. The van der Waals surface area contributed by atoms with Crippen molar-refractivity contribution >= 4 is 23.9 Å². The summed E-state index contributed by atoms with van der Waals surface area (Å²) in [4.78, 5) is 51.4. The van der Waals surface area contributed by atoms with E-state index in [0.717, 1.165) is 141 Å². The molecule has 0 amide bonds. The number of carboxylic acids is 1. The molecule has 0 bridgehead atoms. The molecule has 12 nitrogen and oxygen atoms in total. The van der Waals surface area contributed by atoms with E-state index in [4.69, 9.17) is 23.7 Å². The average Bonchev–Trinajstić information content (AvgIpc) is 3.59. The van der Waals surface area contributed by atoms with E-state index >= 15 is 0 Å². The average molecular weight is 1160 g/mol. The predicted molar refractivity (Wildman–Crippen MR) is 340 cm³/mol. The van der Waals surface area contributed by atoms with Gasteiger partial charge in [0.15, 0.2) is 24.6 Å². The van der Waals surface area contributed by atoms with Gasteiger partial charge in [0.05, 0.1) is 6.61 Å². The highest BCUT2D eigenvalue weighted by Gasteiger charge is 2.50. The van der Waals surface area contributed by atoms with Gasteiger partial charge in [0.2, 0.25) is 0 Å². The molecule has 1 heterocycles. The number of aliphatic hydroxyl groups excluding tert-OH is 2. The number of hydrogen-bond acceptors (Lipinski definition) is 11. The van der Waals surface area contributed by atoms with E-state index in [1.807, 2.05) is 0 Å². The number of allylic oxidation sites excluding steroid dienone is 16. The molecular formula is C71H118O12. The number of rotatable bonds is 56. The summed E-state index contributed by atoms with van der Waals surface area (Å²) in [5, 5.41) is 31.6. The van der Waals surface area contributed by atoms with Crippen LogP contribution in [0.4, 0.5) is 0 Å². The van der Waals surface area contributed by atoms with E-state index in [1.54, 1.807) is 0 Å². The van der Waals surface area contributed by atoms with Crippen LogP contribution in [0.2, 0.25) is 0 Å². The van der Waals surface area contributed by atoms with Gasteiger partial charge in [0, 0.05) is 19.3 Å². The number of aliphatic hydroxyl groups is 2. The van der Waals surface area contributed by atoms with E-state index in [0.29, 0.717) is 19.3 Å². The largest absolute Gasteiger partial charge is 0.479 e. The summed E-state index contributed by atoms with van der Waals surface area (Å²) < 4.78 is 28.5. The smallest absolute Gasteiger partial charge is 0.335 e. The molecule has 6 atom stereocenters. The van der Waals surface area contributed by atoms with Crippen molar-refractivity contribution in [1.82, 2.24) is 0 Å². The third-order valence-corrected chi connectivity index (χ3v) is 14.6. The van der Waals surface area contributed by atoms with Gasteiger partial charge in [0.25, 0.3) is 0 Å². The predicted octanol–water partition coefficient (Wildman–Crippen LogP) is 18.0. The molecule has 0 radical (unpaired) electrons. The van der Waals surface area contributed by atoms with Crippen molar-refractivity contribution in [2.75, 3.05) is 13.2 Å². The van der Waals surface area contributed by atoms with E-state index in [-0.39, 0.29) is 25.9 Å². The second-order valence-electron chi connectivity index (χ2n) is 22.4. The zero-order valence-corrected chi connectivity index (χ0v) is 52.4. The van der Waals surface area contributed by atoms with Crippen molar-refractivity contribution in [3.8, 4) is 0 Å². The molecule has 83 heavy (non-hydrogen) atoms. The number of carboxylic acid groups (broad SMARTS) is 1. The molecule has 0 aromatic carbocycles. The molecule has 474 valence electrons. The van der Waals surface area contributed by atoms with Gasteiger partial charge in [-0.15, -0.1) is 0 Å². The van der Waals surface area contributed by atoms with E-state index in [9.17, 15) is 34.5 Å². The van der Waals surface area contributed by atoms with Crippen LogP contribution in [0.1, 0.15) is 278 Å². The van der Waals surface area contributed by atoms with E-state index in [1.165, 1.54) is 77.0 Å². The lowest BCUT2D eigenvalue weighted by Gasteiger charge is -2.40. The Hall–Kier alpha value is -4.36. The van der Waals surface area contributed by atoms with Crippen molar-refractivity contribution in [1.29, 1.82) is 0 Å². The number of unbranched alkanes of at least 4 members (excludes halogenated alkanes) is 26. The molecule has 0 aliphatic carbocycles. The quantitative estimate of drug-likeness (QED) is 0.0228. The standard InChI is InChI=1S/C71H118O12/c1-4-7-10-13-16-19-22-25-28-31-32-35-36-39-42-45-48-51-54-57-63(72)79-60-62(81-64(73)58-55-52-49-46-43-40-37-33-29-26-23-20-17-14-11-8-5-2)61-80-71-69(67(76)66(75)68(83-71)70(77)78)82-65(74)59-56-53-50-47-44-41-38-34-30-27-24-21-18-15-12-9-6-3/h8,11,16-17,19-20,25-30,32,35,37,40,62,66-69,71,75-76H,4-7,9-10,12-15,18,21-24,31,33-34,36,38-39,41-61H2,1-3H3,(H,77,78)/b11-8-,19-16-,20-17-,28-25-,29-26-,30-27-,35-32-,40-37-. The van der Waals surface area contributed by atoms with Gasteiger partial charge in [-0.05, 0) is 122 Å². The van der Waals surface area contributed by atoms with Gasteiger partial charge in [0.1, 0.15) is 18.8 Å². The van der Waals surface area contributed by atoms with Crippen LogP contribution >= 0.6 is 0 Å². The SMILES string of the molecule is CC/C=C\C/C=C\C/C=C\C/C=C\CCCCCCC(=O)OC(COC(=O)CCCCCCCC/C=C\C/C=C\C/C=C\CCCCC)COC1OC(C(=O)O)C(O)C(O)C1OC(=O)CCCCCCCCC/C=C\CCCCCCCC. The van der Waals surface area contributed by atoms with Gasteiger partial charge in [-0.25, -0.2) is 4.79 Å². The van der Waals surface area contributed by atoms with E-state index in [2.05, 4.69) is 118 Å². The summed E-state index contributed by atoms with van der Waals surface area (Å²) in [7, 11) is 0. The normalized spacial score (nSPS) is 18.2.